The largest absolute Gasteiger partial charge is 0.465 e. The van der Waals surface area contributed by atoms with Crippen molar-refractivity contribution in [1.82, 2.24) is 24.3 Å². The Morgan fingerprint density at radius 2 is 1.87 bits per heavy atom. The van der Waals surface area contributed by atoms with Crippen molar-refractivity contribution >= 4 is 17.7 Å². The Labute approximate surface area is 274 Å². The summed E-state index contributed by atoms with van der Waals surface area (Å²) in [5.74, 6) is 0.283. The summed E-state index contributed by atoms with van der Waals surface area (Å²) in [6.07, 6.45) is 6.87. The molecule has 1 saturated heterocycles. The Balaban J connectivity index is 1.18. The number of pyridine rings is 1. The van der Waals surface area contributed by atoms with E-state index in [0.29, 0.717) is 43.0 Å². The first kappa shape index (κ1) is 31.7. The number of nitriles is 1. The molecule has 10 nitrogen and oxygen atoms in total. The lowest BCUT2D eigenvalue weighted by molar-refractivity contribution is -0.0437. The molecule has 3 unspecified atom stereocenters. The number of nitrogens with zero attached hydrogens (tertiary/aromatic N) is 6. The van der Waals surface area contributed by atoms with Crippen molar-refractivity contribution < 1.29 is 15.0 Å². The topological polar surface area (TPSA) is 140 Å². The molecule has 0 saturated carbocycles. The van der Waals surface area contributed by atoms with Crippen LogP contribution in [0.15, 0.2) is 85.3 Å². The zero-order chi connectivity index (χ0) is 33.1. The first-order valence-corrected chi connectivity index (χ1v) is 16.0. The third kappa shape index (κ3) is 6.40. The monoisotopic (exact) mass is 629 g/mol. The van der Waals surface area contributed by atoms with Gasteiger partial charge in [0.2, 0.25) is 5.95 Å². The van der Waals surface area contributed by atoms with E-state index in [0.717, 1.165) is 40.0 Å². The van der Waals surface area contributed by atoms with Gasteiger partial charge in [0.15, 0.2) is 0 Å². The van der Waals surface area contributed by atoms with E-state index in [1.807, 2.05) is 91.2 Å². The summed E-state index contributed by atoms with van der Waals surface area (Å²) < 4.78 is 1.95. The Morgan fingerprint density at radius 1 is 1.11 bits per heavy atom. The molecule has 3 N–H and O–H groups in total. The molecular weight excluding hydrogens is 590 g/mol. The zero-order valence-electron chi connectivity index (χ0n) is 26.8. The van der Waals surface area contributed by atoms with Gasteiger partial charge in [0.1, 0.15) is 17.4 Å². The first-order valence-electron chi connectivity index (χ1n) is 16.0. The number of amides is 1. The highest BCUT2D eigenvalue weighted by Crippen LogP contribution is 2.39. The normalized spacial score (nSPS) is 18.3. The molecule has 1 amide bonds. The lowest BCUT2D eigenvalue weighted by atomic mass is 9.74. The number of anilines is 1. The molecule has 4 atom stereocenters. The van der Waals surface area contributed by atoms with E-state index in [2.05, 4.69) is 28.3 Å². The van der Waals surface area contributed by atoms with Crippen molar-refractivity contribution in [3.05, 3.63) is 113 Å². The molecule has 0 spiro atoms. The van der Waals surface area contributed by atoms with Crippen LogP contribution in [0.25, 0.3) is 17.0 Å². The van der Waals surface area contributed by atoms with Crippen LogP contribution in [0.1, 0.15) is 67.5 Å². The molecular formula is C37H39N7O3. The first-order chi connectivity index (χ1) is 22.7. The van der Waals surface area contributed by atoms with Gasteiger partial charge < -0.3 is 20.4 Å². The van der Waals surface area contributed by atoms with Crippen molar-refractivity contribution in [2.45, 2.75) is 64.1 Å². The number of nitrogens with one attached hydrogen (secondary N) is 1. The van der Waals surface area contributed by atoms with Crippen LogP contribution in [-0.2, 0) is 18.4 Å². The van der Waals surface area contributed by atoms with Gasteiger partial charge in [-0.3, -0.25) is 4.40 Å². The Morgan fingerprint density at radius 3 is 2.57 bits per heavy atom. The molecule has 1 aliphatic heterocycles. The van der Waals surface area contributed by atoms with Crippen LogP contribution in [0.4, 0.5) is 10.7 Å². The van der Waals surface area contributed by atoms with Crippen LogP contribution in [-0.4, -0.2) is 53.1 Å². The SMILES string of the molecule is CCc1cccn2c(-c3nc(N[C@@H](C)c4ccc(C(C)(O)C5CCN(C(=O)O)C(Cc6ccccc6)C5)cc4)ncc3C#N)cnc12. The van der Waals surface area contributed by atoms with Crippen molar-refractivity contribution in [2.75, 3.05) is 11.9 Å². The molecule has 0 radical (unpaired) electrons. The van der Waals surface area contributed by atoms with Crippen molar-refractivity contribution in [2.24, 2.45) is 5.92 Å². The lowest BCUT2D eigenvalue weighted by Gasteiger charge is -2.43. The molecule has 4 heterocycles. The fourth-order valence-electron chi connectivity index (χ4n) is 6.76. The van der Waals surface area contributed by atoms with Gasteiger partial charge in [-0.1, -0.05) is 67.6 Å². The number of hydrogen-bond acceptors (Lipinski definition) is 7. The molecule has 5 aromatic rings. The fraction of sp³-hybridized carbons (Fsp3) is 0.324. The average molecular weight is 630 g/mol. The highest BCUT2D eigenvalue weighted by atomic mass is 16.4. The summed E-state index contributed by atoms with van der Waals surface area (Å²) in [5, 5.41) is 34.9. The lowest BCUT2D eigenvalue weighted by Crippen LogP contribution is -2.50. The third-order valence-corrected chi connectivity index (χ3v) is 9.56. The molecule has 6 rings (SSSR count). The van der Waals surface area contributed by atoms with E-state index in [1.54, 1.807) is 6.20 Å². The Kier molecular flexibility index (Phi) is 8.92. The van der Waals surface area contributed by atoms with Crippen LogP contribution in [0.5, 0.6) is 0 Å². The van der Waals surface area contributed by atoms with E-state index in [4.69, 9.17) is 4.98 Å². The summed E-state index contributed by atoms with van der Waals surface area (Å²) in [7, 11) is 0. The van der Waals surface area contributed by atoms with Crippen LogP contribution >= 0.6 is 0 Å². The highest BCUT2D eigenvalue weighted by Gasteiger charge is 2.41. The molecule has 47 heavy (non-hydrogen) atoms. The Bertz CT molecular complexity index is 1910. The van der Waals surface area contributed by atoms with Crippen LogP contribution in [0, 0.1) is 17.2 Å². The quantitative estimate of drug-likeness (QED) is 0.166. The van der Waals surface area contributed by atoms with Gasteiger partial charge in [-0.25, -0.2) is 19.7 Å². The van der Waals surface area contributed by atoms with Gasteiger partial charge in [-0.2, -0.15) is 5.26 Å². The second-order valence-corrected chi connectivity index (χ2v) is 12.5. The number of imidazole rings is 1. The van der Waals surface area contributed by atoms with E-state index in [1.165, 1.54) is 11.1 Å². The molecule has 3 aromatic heterocycles. The number of fused-ring (bicyclic) bond motifs is 1. The number of carbonyl (C=O) groups is 1. The number of aromatic nitrogens is 4. The number of carboxylic acid groups (broad SMARTS) is 1. The predicted molar refractivity (Wildman–Crippen MR) is 180 cm³/mol. The van der Waals surface area contributed by atoms with E-state index < -0.39 is 11.7 Å². The minimum absolute atomic E-state index is 0.105. The molecule has 240 valence electrons. The van der Waals surface area contributed by atoms with Gasteiger partial charge in [0.25, 0.3) is 0 Å². The Hall–Kier alpha value is -5.27. The molecule has 10 heteroatoms. The smallest absolute Gasteiger partial charge is 0.407 e. The molecule has 1 aliphatic rings. The summed E-state index contributed by atoms with van der Waals surface area (Å²) in [6, 6.07) is 23.6. The maximum atomic E-state index is 12.0. The maximum Gasteiger partial charge on any atom is 0.407 e. The van der Waals surface area contributed by atoms with E-state index >= 15 is 0 Å². The minimum Gasteiger partial charge on any atom is -0.465 e. The van der Waals surface area contributed by atoms with Crippen LogP contribution < -0.4 is 5.32 Å². The molecule has 0 aliphatic carbocycles. The van der Waals surface area contributed by atoms with Gasteiger partial charge >= 0.3 is 6.09 Å². The van der Waals surface area contributed by atoms with Gasteiger partial charge in [-0.15, -0.1) is 0 Å². The number of rotatable bonds is 9. The number of benzene rings is 2. The molecule has 0 bridgehead atoms. The molecule has 2 aromatic carbocycles. The summed E-state index contributed by atoms with van der Waals surface area (Å²) in [6.45, 7) is 6.31. The van der Waals surface area contributed by atoms with Gasteiger partial charge in [0.05, 0.1) is 35.3 Å². The van der Waals surface area contributed by atoms with Crippen molar-refractivity contribution in [3.8, 4) is 17.5 Å². The van der Waals surface area contributed by atoms with Gasteiger partial charge in [0, 0.05) is 18.8 Å². The summed E-state index contributed by atoms with van der Waals surface area (Å²) >= 11 is 0. The fourth-order valence-corrected chi connectivity index (χ4v) is 6.76. The summed E-state index contributed by atoms with van der Waals surface area (Å²) in [5.41, 5.74) is 5.24. The van der Waals surface area contributed by atoms with Crippen molar-refractivity contribution in [3.63, 3.8) is 0 Å². The maximum absolute atomic E-state index is 12.0. The number of aliphatic hydroxyl groups is 1. The number of hydrogen-bond donors (Lipinski definition) is 3. The minimum atomic E-state index is -1.13. The molecule has 1 fully saturated rings. The second kappa shape index (κ2) is 13.2. The summed E-state index contributed by atoms with van der Waals surface area (Å²) in [4.78, 5) is 27.3. The third-order valence-electron chi connectivity index (χ3n) is 9.56. The zero-order valence-corrected chi connectivity index (χ0v) is 26.8. The van der Waals surface area contributed by atoms with Crippen LogP contribution in [0.3, 0.4) is 0 Å². The number of aryl methyl sites for hydroxylation is 1. The number of piperidine rings is 1. The highest BCUT2D eigenvalue weighted by molar-refractivity contribution is 5.68. The second-order valence-electron chi connectivity index (χ2n) is 12.5. The van der Waals surface area contributed by atoms with E-state index in [9.17, 15) is 20.3 Å². The van der Waals surface area contributed by atoms with Crippen LogP contribution in [0.2, 0.25) is 0 Å². The predicted octanol–water partition coefficient (Wildman–Crippen LogP) is 6.61. The standard InChI is InChI=1S/C37H39N7O3/c1-4-26-11-8-17-44-32(23-39-34(26)44)33-28(21-38)22-40-35(42-33)41-24(2)27-12-14-29(15-13-27)37(3,47)30-16-18-43(36(45)46)31(20-30)19-25-9-6-5-7-10-25/h5-15,17,22-24,30-31,47H,4,16,18-20H2,1-3H3,(H,45,46)(H,40,41,42)/t24-,30?,31?,37?/m0/s1. The average Bonchev–Trinajstić information content (AvgIpc) is 3.53. The van der Waals surface area contributed by atoms with Crippen molar-refractivity contribution in [1.29, 1.82) is 5.26 Å². The van der Waals surface area contributed by atoms with Gasteiger partial charge in [-0.05, 0) is 73.8 Å². The number of likely N-dealkylation sites (tertiary alicyclic amines) is 1. The van der Waals surface area contributed by atoms with E-state index in [-0.39, 0.29) is 18.0 Å².